The van der Waals surface area contributed by atoms with Gasteiger partial charge in [-0.2, -0.15) is 0 Å². The van der Waals surface area contributed by atoms with Crippen LogP contribution in [0, 0.1) is 0 Å². The maximum atomic E-state index is 12.8. The first-order chi connectivity index (χ1) is 32.5. The van der Waals surface area contributed by atoms with Crippen LogP contribution in [-0.2, 0) is 28.6 Å². The minimum absolute atomic E-state index is 0.0986. The van der Waals surface area contributed by atoms with E-state index in [0.29, 0.717) is 12.8 Å². The number of carbonyl (C=O) groups is 3. The Hall–Kier alpha value is -3.67. The van der Waals surface area contributed by atoms with E-state index in [1.807, 2.05) is 0 Å². The van der Waals surface area contributed by atoms with Crippen LogP contribution in [0.4, 0.5) is 0 Å². The van der Waals surface area contributed by atoms with Gasteiger partial charge in [-0.05, 0) is 96.3 Å². The second-order valence-corrected chi connectivity index (χ2v) is 17.8. The topological polar surface area (TPSA) is 78.9 Å². The number of carbonyl (C=O) groups excluding carboxylic acids is 3. The van der Waals surface area contributed by atoms with Crippen LogP contribution in [0.25, 0.3) is 0 Å². The van der Waals surface area contributed by atoms with Crippen molar-refractivity contribution in [3.05, 3.63) is 97.2 Å². The van der Waals surface area contributed by atoms with Gasteiger partial charge in [0.05, 0.1) is 0 Å². The molecule has 0 radical (unpaired) electrons. The van der Waals surface area contributed by atoms with Gasteiger partial charge in [-0.3, -0.25) is 14.4 Å². The quantitative estimate of drug-likeness (QED) is 0.0199. The lowest BCUT2D eigenvalue weighted by Gasteiger charge is -2.18. The fraction of sp³-hybridized carbons (Fsp3) is 0.683. The summed E-state index contributed by atoms with van der Waals surface area (Å²) in [5, 5.41) is 0. The molecule has 0 aromatic carbocycles. The van der Waals surface area contributed by atoms with Crippen LogP contribution in [0.15, 0.2) is 97.2 Å². The second-order valence-electron chi connectivity index (χ2n) is 17.8. The van der Waals surface area contributed by atoms with Crippen molar-refractivity contribution < 1.29 is 28.6 Å². The summed E-state index contributed by atoms with van der Waals surface area (Å²) < 4.78 is 16.8. The fourth-order valence-corrected chi connectivity index (χ4v) is 7.33. The van der Waals surface area contributed by atoms with Crippen molar-refractivity contribution in [2.75, 3.05) is 13.2 Å². The molecule has 0 aromatic rings. The maximum Gasteiger partial charge on any atom is 0.306 e. The molecule has 1 unspecified atom stereocenters. The zero-order valence-electron chi connectivity index (χ0n) is 42.9. The van der Waals surface area contributed by atoms with Gasteiger partial charge in [0.1, 0.15) is 13.2 Å². The first kappa shape index (κ1) is 62.3. The Kier molecular flexibility index (Phi) is 50.9. The van der Waals surface area contributed by atoms with Gasteiger partial charge in [0.25, 0.3) is 0 Å². The molecular formula is C60H100O6. The molecule has 0 saturated heterocycles. The highest BCUT2D eigenvalue weighted by atomic mass is 16.6. The van der Waals surface area contributed by atoms with Gasteiger partial charge in [-0.15, -0.1) is 0 Å². The summed E-state index contributed by atoms with van der Waals surface area (Å²) in [5.74, 6) is -0.952. The molecule has 6 heteroatoms. The van der Waals surface area contributed by atoms with Gasteiger partial charge in [-0.25, -0.2) is 0 Å². The third kappa shape index (κ3) is 51.3. The molecule has 6 nitrogen and oxygen atoms in total. The Morgan fingerprint density at radius 1 is 0.333 bits per heavy atom. The summed E-state index contributed by atoms with van der Waals surface area (Å²) in [6.07, 6.45) is 71.1. The minimum atomic E-state index is -0.803. The van der Waals surface area contributed by atoms with E-state index in [4.69, 9.17) is 14.2 Å². The van der Waals surface area contributed by atoms with Crippen molar-refractivity contribution in [2.45, 2.75) is 252 Å². The van der Waals surface area contributed by atoms with Crippen molar-refractivity contribution in [1.82, 2.24) is 0 Å². The van der Waals surface area contributed by atoms with Crippen molar-refractivity contribution in [3.8, 4) is 0 Å². The number of hydrogen-bond acceptors (Lipinski definition) is 6. The maximum absolute atomic E-state index is 12.8. The number of rotatable bonds is 48. The Bertz CT molecular complexity index is 1330. The van der Waals surface area contributed by atoms with Crippen LogP contribution < -0.4 is 0 Å². The molecule has 0 amide bonds. The second kappa shape index (κ2) is 53.9. The van der Waals surface area contributed by atoms with E-state index in [1.54, 1.807) is 0 Å². The van der Waals surface area contributed by atoms with E-state index in [9.17, 15) is 14.4 Å². The van der Waals surface area contributed by atoms with Crippen molar-refractivity contribution in [3.63, 3.8) is 0 Å². The highest BCUT2D eigenvalue weighted by molar-refractivity contribution is 5.71. The first-order valence-electron chi connectivity index (χ1n) is 27.3. The fourth-order valence-electron chi connectivity index (χ4n) is 7.33. The van der Waals surface area contributed by atoms with Crippen LogP contribution in [0.5, 0.6) is 0 Å². The molecule has 0 rings (SSSR count). The largest absolute Gasteiger partial charge is 0.462 e. The van der Waals surface area contributed by atoms with Gasteiger partial charge >= 0.3 is 17.9 Å². The Morgan fingerprint density at radius 3 is 1.12 bits per heavy atom. The minimum Gasteiger partial charge on any atom is -0.462 e. The molecule has 0 fully saturated rings. The van der Waals surface area contributed by atoms with Crippen LogP contribution in [0.2, 0.25) is 0 Å². The summed E-state index contributed by atoms with van der Waals surface area (Å²) in [7, 11) is 0. The third-order valence-electron chi connectivity index (χ3n) is 11.4. The summed E-state index contributed by atoms with van der Waals surface area (Å²) in [4.78, 5) is 38.1. The summed E-state index contributed by atoms with van der Waals surface area (Å²) >= 11 is 0. The molecule has 0 aromatic heterocycles. The van der Waals surface area contributed by atoms with E-state index in [1.165, 1.54) is 89.9 Å². The molecule has 0 bridgehead atoms. The Balaban J connectivity index is 4.44. The molecule has 0 N–H and O–H groups in total. The average Bonchev–Trinajstić information content (AvgIpc) is 3.31. The molecule has 0 saturated carbocycles. The lowest BCUT2D eigenvalue weighted by atomic mass is 10.1. The third-order valence-corrected chi connectivity index (χ3v) is 11.4. The molecule has 0 spiro atoms. The van der Waals surface area contributed by atoms with Crippen LogP contribution in [0.1, 0.15) is 245 Å². The smallest absolute Gasteiger partial charge is 0.306 e. The zero-order chi connectivity index (χ0) is 47.9. The molecule has 66 heavy (non-hydrogen) atoms. The SMILES string of the molecule is CC/C=C/C=C/C=C/CCCCCCCC(=O)OCC(COC(=O)CCCCCCCCCCC/C=C/C/C=C/C/C=C/CC)OC(=O)CCCCC/C=C/C=C/CCCCCCCCC. The number of esters is 3. The number of ether oxygens (including phenoxy) is 3. The Morgan fingerprint density at radius 2 is 0.667 bits per heavy atom. The zero-order valence-corrected chi connectivity index (χ0v) is 42.9. The van der Waals surface area contributed by atoms with E-state index in [-0.39, 0.29) is 37.5 Å². The van der Waals surface area contributed by atoms with E-state index in [2.05, 4.69) is 118 Å². The van der Waals surface area contributed by atoms with Crippen LogP contribution >= 0.6 is 0 Å². The molecule has 1 atom stereocenters. The molecular weight excluding hydrogens is 817 g/mol. The van der Waals surface area contributed by atoms with Crippen molar-refractivity contribution in [2.24, 2.45) is 0 Å². The highest BCUT2D eigenvalue weighted by Crippen LogP contribution is 2.14. The molecule has 376 valence electrons. The van der Waals surface area contributed by atoms with E-state index < -0.39 is 6.10 Å². The molecule has 0 aliphatic heterocycles. The Labute approximate surface area is 407 Å². The van der Waals surface area contributed by atoms with Gasteiger partial charge in [0, 0.05) is 19.3 Å². The molecule has 0 heterocycles. The standard InChI is InChI=1S/C60H100O6/c1-4-7-10-13-16-19-22-25-27-29-30-31-33-35-38-41-44-47-50-53-59(62)65-56-57(55-64-58(61)52-49-46-43-40-37-34-24-21-18-15-12-9-6-3)66-60(63)54-51-48-45-42-39-36-32-28-26-23-20-17-14-11-8-5-2/h7,9-10,12,15-16,18-19,21,24-25,27-28,32,36,39,57H,4-6,8,11,13-14,17,20,22-23,26,29-31,33-35,37-38,40-56H2,1-3H3/b10-7+,12-9+,18-15+,19-16+,24-21+,27-25+,32-28+,39-36+. The lowest BCUT2D eigenvalue weighted by molar-refractivity contribution is -0.167. The van der Waals surface area contributed by atoms with Crippen molar-refractivity contribution >= 4 is 17.9 Å². The average molecular weight is 917 g/mol. The molecule has 0 aliphatic rings. The van der Waals surface area contributed by atoms with E-state index in [0.717, 1.165) is 116 Å². The molecule has 0 aliphatic carbocycles. The number of unbranched alkanes of at least 4 members (excludes halogenated alkanes) is 24. The first-order valence-corrected chi connectivity index (χ1v) is 27.3. The van der Waals surface area contributed by atoms with Gasteiger partial charge in [-0.1, -0.05) is 227 Å². The van der Waals surface area contributed by atoms with Crippen LogP contribution in [0.3, 0.4) is 0 Å². The summed E-state index contributed by atoms with van der Waals surface area (Å²) in [6, 6.07) is 0. The lowest BCUT2D eigenvalue weighted by Crippen LogP contribution is -2.30. The monoisotopic (exact) mass is 917 g/mol. The number of allylic oxidation sites excluding steroid dienone is 16. The van der Waals surface area contributed by atoms with Gasteiger partial charge < -0.3 is 14.2 Å². The van der Waals surface area contributed by atoms with E-state index >= 15 is 0 Å². The van der Waals surface area contributed by atoms with Gasteiger partial charge in [0.2, 0.25) is 0 Å². The van der Waals surface area contributed by atoms with Gasteiger partial charge in [0.15, 0.2) is 6.10 Å². The van der Waals surface area contributed by atoms with Crippen LogP contribution in [-0.4, -0.2) is 37.2 Å². The summed E-state index contributed by atoms with van der Waals surface area (Å²) in [5.41, 5.74) is 0. The predicted molar refractivity (Wildman–Crippen MR) is 284 cm³/mol. The van der Waals surface area contributed by atoms with Crippen molar-refractivity contribution in [1.29, 1.82) is 0 Å². The predicted octanol–water partition coefficient (Wildman–Crippen LogP) is 18.1. The number of hydrogen-bond donors (Lipinski definition) is 0. The summed E-state index contributed by atoms with van der Waals surface area (Å²) in [6.45, 7) is 6.35. The highest BCUT2D eigenvalue weighted by Gasteiger charge is 2.19. The normalized spacial score (nSPS) is 12.8.